The van der Waals surface area contributed by atoms with Crippen LogP contribution in [0.4, 0.5) is 10.2 Å². The van der Waals surface area contributed by atoms with Crippen LogP contribution in [0.25, 0.3) is 11.0 Å². The number of halogens is 1. The lowest BCUT2D eigenvalue weighted by Gasteiger charge is -2.09. The molecule has 0 bridgehead atoms. The Bertz CT molecular complexity index is 980. The molecule has 0 radical (unpaired) electrons. The van der Waals surface area contributed by atoms with E-state index in [9.17, 15) is 9.18 Å². The van der Waals surface area contributed by atoms with Gasteiger partial charge in [-0.25, -0.2) is 19.0 Å². The molecule has 0 aliphatic rings. The quantitative estimate of drug-likeness (QED) is 0.297. The number of hydrogen-bond donors (Lipinski definition) is 2. The Labute approximate surface area is 172 Å². The molecule has 10 heteroatoms. The van der Waals surface area contributed by atoms with Gasteiger partial charge in [-0.2, -0.15) is 5.10 Å². The van der Waals surface area contributed by atoms with Crippen LogP contribution in [0, 0.1) is 5.82 Å². The third-order valence-electron chi connectivity index (χ3n) is 4.13. The van der Waals surface area contributed by atoms with Crippen LogP contribution in [0.5, 0.6) is 0 Å². The molecule has 1 amide bonds. The number of rotatable bonds is 10. The Hall–Kier alpha value is -2.72. The second kappa shape index (κ2) is 10.2. The first-order valence-electron chi connectivity index (χ1n) is 9.26. The van der Waals surface area contributed by atoms with E-state index >= 15 is 0 Å². The van der Waals surface area contributed by atoms with Crippen LogP contribution in [0.15, 0.2) is 35.6 Å². The summed E-state index contributed by atoms with van der Waals surface area (Å²) >= 11 is 1.44. The lowest BCUT2D eigenvalue weighted by Crippen LogP contribution is -2.28. The van der Waals surface area contributed by atoms with Gasteiger partial charge in [-0.05, 0) is 25.3 Å². The molecular formula is C19H23FN6O2S. The molecule has 154 valence electrons. The van der Waals surface area contributed by atoms with Crippen molar-refractivity contribution in [3.63, 3.8) is 0 Å². The minimum absolute atomic E-state index is 0.0191. The van der Waals surface area contributed by atoms with Crippen LogP contribution < -0.4 is 10.6 Å². The predicted octanol–water partition coefficient (Wildman–Crippen LogP) is 2.57. The van der Waals surface area contributed by atoms with E-state index in [1.807, 2.05) is 13.2 Å². The highest BCUT2D eigenvalue weighted by Gasteiger charge is 2.14. The molecule has 0 unspecified atom stereocenters. The summed E-state index contributed by atoms with van der Waals surface area (Å²) < 4.78 is 20.8. The number of ether oxygens (including phenoxy) is 1. The van der Waals surface area contributed by atoms with E-state index in [0.29, 0.717) is 42.9 Å². The van der Waals surface area contributed by atoms with E-state index < -0.39 is 11.7 Å². The number of nitrogens with one attached hydrogen (secondary N) is 2. The van der Waals surface area contributed by atoms with Crippen LogP contribution in [-0.2, 0) is 11.3 Å². The third kappa shape index (κ3) is 5.21. The molecule has 0 atom stereocenters. The maximum atomic E-state index is 13.7. The van der Waals surface area contributed by atoms with Crippen molar-refractivity contribution in [1.29, 1.82) is 0 Å². The van der Waals surface area contributed by atoms with E-state index in [4.69, 9.17) is 4.74 Å². The number of carbonyl (C=O) groups is 1. The number of amides is 1. The molecule has 0 saturated heterocycles. The highest BCUT2D eigenvalue weighted by Crippen LogP contribution is 2.23. The number of fused-ring (bicyclic) bond motifs is 1. The van der Waals surface area contributed by atoms with Gasteiger partial charge in [-0.3, -0.25) is 4.79 Å². The number of carbonyl (C=O) groups excluding carboxylic acids is 1. The smallest absolute Gasteiger partial charge is 0.254 e. The van der Waals surface area contributed by atoms with E-state index in [0.717, 1.165) is 5.39 Å². The predicted molar refractivity (Wildman–Crippen MR) is 111 cm³/mol. The minimum atomic E-state index is -0.547. The van der Waals surface area contributed by atoms with Crippen molar-refractivity contribution in [2.75, 3.05) is 37.9 Å². The monoisotopic (exact) mass is 418 g/mol. The van der Waals surface area contributed by atoms with Gasteiger partial charge in [0.2, 0.25) is 0 Å². The number of nitrogens with zero attached hydrogens (tertiary/aromatic N) is 4. The van der Waals surface area contributed by atoms with Crippen LogP contribution in [-0.4, -0.2) is 58.2 Å². The fourth-order valence-electron chi connectivity index (χ4n) is 2.73. The van der Waals surface area contributed by atoms with E-state index in [1.54, 1.807) is 23.0 Å². The molecule has 0 aliphatic heterocycles. The van der Waals surface area contributed by atoms with Gasteiger partial charge in [0, 0.05) is 19.7 Å². The fourth-order valence-corrected chi connectivity index (χ4v) is 3.09. The zero-order valence-corrected chi connectivity index (χ0v) is 17.1. The number of hydrogen-bond acceptors (Lipinski definition) is 7. The second-order valence-electron chi connectivity index (χ2n) is 6.02. The molecule has 2 N–H and O–H groups in total. The van der Waals surface area contributed by atoms with Crippen molar-refractivity contribution in [2.24, 2.45) is 0 Å². The Balaban J connectivity index is 1.69. The zero-order chi connectivity index (χ0) is 20.6. The normalized spacial score (nSPS) is 11.0. The topological polar surface area (TPSA) is 94.0 Å². The Morgan fingerprint density at radius 1 is 1.28 bits per heavy atom. The van der Waals surface area contributed by atoms with Gasteiger partial charge >= 0.3 is 0 Å². The molecule has 2 heterocycles. The van der Waals surface area contributed by atoms with Gasteiger partial charge in [-0.15, -0.1) is 0 Å². The van der Waals surface area contributed by atoms with E-state index in [2.05, 4.69) is 25.7 Å². The first kappa shape index (κ1) is 21.0. The largest absolute Gasteiger partial charge is 0.380 e. The number of aromatic nitrogens is 4. The molecule has 8 nitrogen and oxygen atoms in total. The van der Waals surface area contributed by atoms with Crippen molar-refractivity contribution < 1.29 is 13.9 Å². The Kier molecular flexibility index (Phi) is 7.36. The van der Waals surface area contributed by atoms with Crippen molar-refractivity contribution in [3.05, 3.63) is 41.8 Å². The lowest BCUT2D eigenvalue weighted by atomic mass is 10.2. The molecule has 29 heavy (non-hydrogen) atoms. The fraction of sp³-hybridized carbons (Fsp3) is 0.368. The second-order valence-corrected chi connectivity index (χ2v) is 6.80. The molecule has 0 spiro atoms. The van der Waals surface area contributed by atoms with E-state index in [1.165, 1.54) is 23.9 Å². The summed E-state index contributed by atoms with van der Waals surface area (Å²) in [5.41, 5.74) is 0.689. The van der Waals surface area contributed by atoms with Crippen LogP contribution in [0.2, 0.25) is 0 Å². The highest BCUT2D eigenvalue weighted by atomic mass is 32.2. The maximum absolute atomic E-state index is 13.7. The summed E-state index contributed by atoms with van der Waals surface area (Å²) in [5.74, 6) is -0.312. The number of benzene rings is 1. The summed E-state index contributed by atoms with van der Waals surface area (Å²) in [6.45, 7) is 4.49. The lowest BCUT2D eigenvalue weighted by molar-refractivity contribution is 0.0948. The third-order valence-corrected chi connectivity index (χ3v) is 4.68. The van der Waals surface area contributed by atoms with E-state index in [-0.39, 0.29) is 12.1 Å². The molecule has 0 saturated carbocycles. The Morgan fingerprint density at radius 3 is 2.86 bits per heavy atom. The Morgan fingerprint density at radius 2 is 2.10 bits per heavy atom. The van der Waals surface area contributed by atoms with Gasteiger partial charge in [0.15, 0.2) is 10.8 Å². The molecule has 3 rings (SSSR count). The average Bonchev–Trinajstić information content (AvgIpc) is 3.14. The number of anilines is 1. The van der Waals surface area contributed by atoms with Gasteiger partial charge in [0.25, 0.3) is 5.91 Å². The summed E-state index contributed by atoms with van der Waals surface area (Å²) in [4.78, 5) is 21.2. The first-order valence-corrected chi connectivity index (χ1v) is 10.5. The molecular weight excluding hydrogens is 395 g/mol. The van der Waals surface area contributed by atoms with Crippen molar-refractivity contribution in [2.45, 2.75) is 18.6 Å². The molecule has 1 aromatic carbocycles. The maximum Gasteiger partial charge on any atom is 0.254 e. The summed E-state index contributed by atoms with van der Waals surface area (Å²) in [7, 11) is 0. The van der Waals surface area contributed by atoms with Crippen LogP contribution in [0.3, 0.4) is 0 Å². The van der Waals surface area contributed by atoms with Gasteiger partial charge in [0.1, 0.15) is 11.6 Å². The highest BCUT2D eigenvalue weighted by molar-refractivity contribution is 7.98. The average molecular weight is 418 g/mol. The molecule has 0 aliphatic carbocycles. The number of thioether (sulfide) groups is 1. The van der Waals surface area contributed by atoms with Crippen molar-refractivity contribution in [3.8, 4) is 0 Å². The molecule has 0 fully saturated rings. The first-order chi connectivity index (χ1) is 14.1. The SMILES string of the molecule is CCOCCNc1nc(SC)nc2c1cnn2CCNC(=O)c1ccccc1F. The van der Waals surface area contributed by atoms with Gasteiger partial charge in [0.05, 0.1) is 30.3 Å². The zero-order valence-electron chi connectivity index (χ0n) is 16.3. The van der Waals surface area contributed by atoms with Crippen LogP contribution in [0.1, 0.15) is 17.3 Å². The van der Waals surface area contributed by atoms with Crippen LogP contribution >= 0.6 is 11.8 Å². The molecule has 2 aromatic heterocycles. The minimum Gasteiger partial charge on any atom is -0.380 e. The molecule has 3 aromatic rings. The van der Waals surface area contributed by atoms with Crippen molar-refractivity contribution in [1.82, 2.24) is 25.1 Å². The standard InChI is InChI=1S/C19H23FN6O2S/c1-3-28-11-9-21-16-14-12-23-26(17(14)25-19(24-16)29-2)10-8-22-18(27)13-6-4-5-7-15(13)20/h4-7,12H,3,8-11H2,1-2H3,(H,22,27)(H,21,24,25). The van der Waals surface area contributed by atoms with Gasteiger partial charge < -0.3 is 15.4 Å². The summed E-state index contributed by atoms with van der Waals surface area (Å²) in [5, 5.41) is 11.8. The summed E-state index contributed by atoms with van der Waals surface area (Å²) in [6, 6.07) is 5.88. The van der Waals surface area contributed by atoms with Crippen molar-refractivity contribution >= 4 is 34.5 Å². The van der Waals surface area contributed by atoms with Gasteiger partial charge in [-0.1, -0.05) is 23.9 Å². The summed E-state index contributed by atoms with van der Waals surface area (Å²) in [6.07, 6.45) is 3.60.